The number of hydrogen-bond acceptors (Lipinski definition) is 3. The highest BCUT2D eigenvalue weighted by Crippen LogP contribution is 2.22. The van der Waals surface area contributed by atoms with E-state index in [1.807, 2.05) is 23.9 Å². The van der Waals surface area contributed by atoms with Crippen molar-refractivity contribution in [2.45, 2.75) is 26.0 Å². The second-order valence-electron chi connectivity index (χ2n) is 5.65. The second-order valence-corrected chi connectivity index (χ2v) is 5.65. The number of aliphatic hydroxyl groups is 1. The molecule has 1 aromatic carbocycles. The van der Waals surface area contributed by atoms with Crippen LogP contribution in [0, 0.1) is 5.92 Å². The Kier molecular flexibility index (Phi) is 3.85. The summed E-state index contributed by atoms with van der Waals surface area (Å²) in [4.78, 5) is 2.42. The minimum absolute atomic E-state index is 0.199. The second kappa shape index (κ2) is 5.77. The van der Waals surface area contributed by atoms with Crippen molar-refractivity contribution in [2.24, 2.45) is 5.92 Å². The summed E-state index contributed by atoms with van der Waals surface area (Å²) < 4.78 is 1.88. The predicted molar refractivity (Wildman–Crippen MR) is 78.6 cm³/mol. The summed E-state index contributed by atoms with van der Waals surface area (Å²) in [5, 5.41) is 13.9. The zero-order valence-electron chi connectivity index (χ0n) is 11.8. The maximum atomic E-state index is 9.67. The average Bonchev–Trinajstić information content (AvgIpc) is 3.10. The van der Waals surface area contributed by atoms with Crippen LogP contribution >= 0.6 is 0 Å². The quantitative estimate of drug-likeness (QED) is 0.925. The smallest absolute Gasteiger partial charge is 0.0648 e. The SMILES string of the molecule is CC(O)C1CCN(Cc2cccc(-n3cccn3)c2)C1. The summed E-state index contributed by atoms with van der Waals surface area (Å²) >= 11 is 0. The summed E-state index contributed by atoms with van der Waals surface area (Å²) in [6.07, 6.45) is 4.64. The van der Waals surface area contributed by atoms with Crippen LogP contribution in [0.2, 0.25) is 0 Å². The molecular weight excluding hydrogens is 250 g/mol. The van der Waals surface area contributed by atoms with Gasteiger partial charge in [0.25, 0.3) is 0 Å². The monoisotopic (exact) mass is 271 g/mol. The minimum atomic E-state index is -0.199. The zero-order valence-corrected chi connectivity index (χ0v) is 11.8. The number of nitrogens with zero attached hydrogens (tertiary/aromatic N) is 3. The van der Waals surface area contributed by atoms with Gasteiger partial charge in [0.1, 0.15) is 0 Å². The van der Waals surface area contributed by atoms with Crippen LogP contribution in [-0.2, 0) is 6.54 Å². The molecule has 2 aromatic rings. The molecule has 20 heavy (non-hydrogen) atoms. The molecule has 4 heteroatoms. The molecule has 2 unspecified atom stereocenters. The maximum absolute atomic E-state index is 9.67. The van der Waals surface area contributed by atoms with E-state index in [1.165, 1.54) is 5.56 Å². The third-order valence-electron chi connectivity index (χ3n) is 4.08. The number of rotatable bonds is 4. The zero-order chi connectivity index (χ0) is 13.9. The van der Waals surface area contributed by atoms with Crippen molar-refractivity contribution >= 4 is 0 Å². The molecule has 1 saturated heterocycles. The standard InChI is InChI=1S/C16H21N3O/c1-13(20)15-6-9-18(12-15)11-14-4-2-5-16(10-14)19-8-3-7-17-19/h2-5,7-8,10,13,15,20H,6,9,11-12H2,1H3. The predicted octanol–water partition coefficient (Wildman–Crippen LogP) is 2.08. The molecule has 106 valence electrons. The van der Waals surface area contributed by atoms with Crippen LogP contribution in [0.25, 0.3) is 5.69 Å². The third-order valence-corrected chi connectivity index (χ3v) is 4.08. The molecule has 2 atom stereocenters. The van der Waals surface area contributed by atoms with Crippen LogP contribution in [0.15, 0.2) is 42.7 Å². The van der Waals surface area contributed by atoms with Crippen LogP contribution in [-0.4, -0.2) is 39.0 Å². The van der Waals surface area contributed by atoms with E-state index < -0.39 is 0 Å². The number of aromatic nitrogens is 2. The third kappa shape index (κ3) is 2.92. The average molecular weight is 271 g/mol. The molecule has 0 saturated carbocycles. The van der Waals surface area contributed by atoms with Gasteiger partial charge in [-0.1, -0.05) is 12.1 Å². The first kappa shape index (κ1) is 13.3. The number of hydrogen-bond donors (Lipinski definition) is 1. The molecule has 2 heterocycles. The minimum Gasteiger partial charge on any atom is -0.393 e. The van der Waals surface area contributed by atoms with E-state index >= 15 is 0 Å². The molecule has 0 amide bonds. The molecule has 1 aliphatic heterocycles. The lowest BCUT2D eigenvalue weighted by molar-refractivity contribution is 0.127. The van der Waals surface area contributed by atoms with Crippen molar-refractivity contribution in [2.75, 3.05) is 13.1 Å². The van der Waals surface area contributed by atoms with Crippen LogP contribution in [0.5, 0.6) is 0 Å². The molecule has 3 rings (SSSR count). The first-order valence-corrected chi connectivity index (χ1v) is 7.22. The molecule has 0 bridgehead atoms. The lowest BCUT2D eigenvalue weighted by atomic mass is 10.0. The summed E-state index contributed by atoms with van der Waals surface area (Å²) in [6.45, 7) is 4.90. The molecule has 0 aliphatic carbocycles. The maximum Gasteiger partial charge on any atom is 0.0648 e. The Balaban J connectivity index is 1.68. The Hall–Kier alpha value is -1.65. The topological polar surface area (TPSA) is 41.3 Å². The molecular formula is C16H21N3O. The van der Waals surface area contributed by atoms with Gasteiger partial charge in [-0.05, 0) is 49.6 Å². The van der Waals surface area contributed by atoms with Crippen molar-refractivity contribution in [3.63, 3.8) is 0 Å². The van der Waals surface area contributed by atoms with E-state index in [-0.39, 0.29) is 6.10 Å². The fourth-order valence-corrected chi connectivity index (χ4v) is 2.88. The van der Waals surface area contributed by atoms with Crippen LogP contribution in [0.3, 0.4) is 0 Å². The lowest BCUT2D eigenvalue weighted by Crippen LogP contribution is -2.24. The van der Waals surface area contributed by atoms with E-state index in [0.29, 0.717) is 5.92 Å². The van der Waals surface area contributed by atoms with Crippen molar-refractivity contribution in [1.82, 2.24) is 14.7 Å². The Morgan fingerprint density at radius 2 is 2.30 bits per heavy atom. The Morgan fingerprint density at radius 1 is 1.40 bits per heavy atom. The molecule has 1 fully saturated rings. The first-order valence-electron chi connectivity index (χ1n) is 7.22. The summed E-state index contributed by atoms with van der Waals surface area (Å²) in [7, 11) is 0. The summed E-state index contributed by atoms with van der Waals surface area (Å²) in [5.74, 6) is 0.421. The highest BCUT2D eigenvalue weighted by atomic mass is 16.3. The normalized spacial score (nSPS) is 21.2. The number of benzene rings is 1. The fraction of sp³-hybridized carbons (Fsp3) is 0.438. The van der Waals surface area contributed by atoms with Crippen LogP contribution in [0.1, 0.15) is 18.9 Å². The molecule has 0 radical (unpaired) electrons. The van der Waals surface area contributed by atoms with Gasteiger partial charge >= 0.3 is 0 Å². The largest absolute Gasteiger partial charge is 0.393 e. The molecule has 1 aliphatic rings. The lowest BCUT2D eigenvalue weighted by Gasteiger charge is -2.17. The fourth-order valence-electron chi connectivity index (χ4n) is 2.88. The van der Waals surface area contributed by atoms with Gasteiger partial charge < -0.3 is 5.11 Å². The highest BCUT2D eigenvalue weighted by Gasteiger charge is 2.25. The number of likely N-dealkylation sites (tertiary alicyclic amines) is 1. The van der Waals surface area contributed by atoms with E-state index in [1.54, 1.807) is 6.20 Å². The molecule has 4 nitrogen and oxygen atoms in total. The van der Waals surface area contributed by atoms with E-state index in [2.05, 4.69) is 34.3 Å². The van der Waals surface area contributed by atoms with Gasteiger partial charge in [-0.2, -0.15) is 5.10 Å². The van der Waals surface area contributed by atoms with Crippen LogP contribution in [0.4, 0.5) is 0 Å². The van der Waals surface area contributed by atoms with Crippen molar-refractivity contribution in [1.29, 1.82) is 0 Å². The summed E-state index contributed by atoms with van der Waals surface area (Å²) in [6, 6.07) is 10.4. The number of aliphatic hydroxyl groups excluding tert-OH is 1. The summed E-state index contributed by atoms with van der Waals surface area (Å²) in [5.41, 5.74) is 2.39. The van der Waals surface area contributed by atoms with Crippen molar-refractivity contribution in [3.8, 4) is 5.69 Å². The molecule has 1 aromatic heterocycles. The van der Waals surface area contributed by atoms with E-state index in [9.17, 15) is 5.11 Å². The molecule has 0 spiro atoms. The van der Waals surface area contributed by atoms with Crippen LogP contribution < -0.4 is 0 Å². The van der Waals surface area contributed by atoms with Gasteiger partial charge in [0, 0.05) is 25.5 Å². The van der Waals surface area contributed by atoms with Gasteiger partial charge in [0.2, 0.25) is 0 Å². The van der Waals surface area contributed by atoms with Gasteiger partial charge in [0.05, 0.1) is 11.8 Å². The Bertz CT molecular complexity index is 551. The van der Waals surface area contributed by atoms with Gasteiger partial charge in [0.15, 0.2) is 0 Å². The first-order chi connectivity index (χ1) is 9.72. The van der Waals surface area contributed by atoms with Crippen molar-refractivity contribution < 1.29 is 5.11 Å². The Labute approximate surface area is 119 Å². The van der Waals surface area contributed by atoms with Gasteiger partial charge in [-0.15, -0.1) is 0 Å². The van der Waals surface area contributed by atoms with Crippen molar-refractivity contribution in [3.05, 3.63) is 48.3 Å². The molecule has 1 N–H and O–H groups in total. The van der Waals surface area contributed by atoms with Gasteiger partial charge in [-0.25, -0.2) is 4.68 Å². The van der Waals surface area contributed by atoms with Gasteiger partial charge in [-0.3, -0.25) is 4.90 Å². The Morgan fingerprint density at radius 3 is 3.00 bits per heavy atom. The van der Waals surface area contributed by atoms with E-state index in [0.717, 1.165) is 31.7 Å². The highest BCUT2D eigenvalue weighted by molar-refractivity contribution is 5.35. The van der Waals surface area contributed by atoms with E-state index in [4.69, 9.17) is 0 Å².